The molecule has 1 N–H and O–H groups in total. The molecule has 98 valence electrons. The molecular weight excluding hydrogens is 218 g/mol. The second-order valence-corrected chi connectivity index (χ2v) is 5.08. The molecule has 0 saturated heterocycles. The van der Waals surface area contributed by atoms with Gasteiger partial charge >= 0.3 is 0 Å². The van der Waals surface area contributed by atoms with Crippen LogP contribution in [0.5, 0.6) is 11.5 Å². The summed E-state index contributed by atoms with van der Waals surface area (Å²) in [5, 5.41) is 0. The Hall–Kier alpha value is -1.26. The smallest absolute Gasteiger partial charge is 0.128 e. The third kappa shape index (κ3) is 4.24. The molecule has 0 heterocycles. The first-order chi connectivity index (χ1) is 7.37. The Morgan fingerprint density at radius 2 is 1.53 bits per heavy atom. The maximum atomic E-state index is 5.41. The topological polar surface area (TPSA) is 48.5 Å². The Kier molecular flexibility index (Phi) is 5.45. The standard InChI is InChI=1S/C13H22NO2.H2O/c1-10-7-13(16-6)11(8-12(10)15-5)9-14(2,3)4;/h7-8H,9H2,1-6H3;1H2/q+1;/p-1. The largest absolute Gasteiger partial charge is 0.870 e. The third-order valence-electron chi connectivity index (χ3n) is 2.44. The maximum Gasteiger partial charge on any atom is 0.128 e. The minimum atomic E-state index is 0. The van der Waals surface area contributed by atoms with Crippen molar-refractivity contribution in [1.82, 2.24) is 0 Å². The summed E-state index contributed by atoms with van der Waals surface area (Å²) >= 11 is 0. The van der Waals surface area contributed by atoms with Gasteiger partial charge in [0.1, 0.15) is 18.0 Å². The van der Waals surface area contributed by atoms with Crippen LogP contribution in [0.2, 0.25) is 0 Å². The van der Waals surface area contributed by atoms with Crippen LogP contribution >= 0.6 is 0 Å². The molecule has 1 rings (SSSR count). The third-order valence-corrected chi connectivity index (χ3v) is 2.44. The van der Waals surface area contributed by atoms with Crippen molar-refractivity contribution in [3.05, 3.63) is 23.3 Å². The van der Waals surface area contributed by atoms with Gasteiger partial charge in [0, 0.05) is 0 Å². The molecule has 4 nitrogen and oxygen atoms in total. The molecule has 0 aliphatic carbocycles. The summed E-state index contributed by atoms with van der Waals surface area (Å²) in [7, 11) is 9.88. The summed E-state index contributed by atoms with van der Waals surface area (Å²) < 4.78 is 11.6. The lowest BCUT2D eigenvalue weighted by Gasteiger charge is -2.25. The highest BCUT2D eigenvalue weighted by molar-refractivity contribution is 5.45. The summed E-state index contributed by atoms with van der Waals surface area (Å²) in [5.74, 6) is 1.86. The number of ether oxygens (including phenoxy) is 2. The van der Waals surface area contributed by atoms with Gasteiger partial charge in [0.25, 0.3) is 0 Å². The van der Waals surface area contributed by atoms with Crippen molar-refractivity contribution in [3.63, 3.8) is 0 Å². The van der Waals surface area contributed by atoms with Gasteiger partial charge in [-0.05, 0) is 24.6 Å². The number of nitrogens with zero attached hydrogens (tertiary/aromatic N) is 1. The maximum absolute atomic E-state index is 5.41. The van der Waals surface area contributed by atoms with Gasteiger partial charge < -0.3 is 19.4 Å². The minimum absolute atomic E-state index is 0. The molecule has 0 amide bonds. The molecule has 4 heteroatoms. The van der Waals surface area contributed by atoms with E-state index in [4.69, 9.17) is 9.47 Å². The van der Waals surface area contributed by atoms with Crippen LogP contribution in [-0.4, -0.2) is 45.3 Å². The van der Waals surface area contributed by atoms with Crippen molar-refractivity contribution in [3.8, 4) is 11.5 Å². The van der Waals surface area contributed by atoms with Crippen LogP contribution in [0.15, 0.2) is 12.1 Å². The predicted octanol–water partition coefficient (Wildman–Crippen LogP) is 2.04. The van der Waals surface area contributed by atoms with E-state index in [9.17, 15) is 0 Å². The molecule has 0 aliphatic heterocycles. The van der Waals surface area contributed by atoms with Gasteiger partial charge in [0.2, 0.25) is 0 Å². The van der Waals surface area contributed by atoms with Crippen molar-refractivity contribution in [1.29, 1.82) is 0 Å². The number of benzene rings is 1. The first kappa shape index (κ1) is 15.7. The van der Waals surface area contributed by atoms with E-state index in [-0.39, 0.29) is 5.48 Å². The van der Waals surface area contributed by atoms with Gasteiger partial charge in [-0.25, -0.2) is 0 Å². The van der Waals surface area contributed by atoms with Crippen LogP contribution in [0.4, 0.5) is 0 Å². The van der Waals surface area contributed by atoms with Crippen molar-refractivity contribution in [2.45, 2.75) is 13.5 Å². The fraction of sp³-hybridized carbons (Fsp3) is 0.538. The average molecular weight is 241 g/mol. The summed E-state index contributed by atoms with van der Waals surface area (Å²) in [6.07, 6.45) is 0. The molecule has 0 aliphatic rings. The van der Waals surface area contributed by atoms with Crippen molar-refractivity contribution < 1.29 is 19.4 Å². The van der Waals surface area contributed by atoms with E-state index in [1.165, 1.54) is 5.56 Å². The Morgan fingerprint density at radius 3 is 1.94 bits per heavy atom. The first-order valence-electron chi connectivity index (χ1n) is 5.39. The molecule has 0 spiro atoms. The fourth-order valence-corrected chi connectivity index (χ4v) is 1.75. The predicted molar refractivity (Wildman–Crippen MR) is 68.0 cm³/mol. The summed E-state index contributed by atoms with van der Waals surface area (Å²) in [6, 6.07) is 4.10. The quantitative estimate of drug-likeness (QED) is 0.758. The van der Waals surface area contributed by atoms with E-state index in [1.807, 2.05) is 13.0 Å². The minimum Gasteiger partial charge on any atom is -0.870 e. The lowest BCUT2D eigenvalue weighted by atomic mass is 10.1. The molecular formula is C13H23NO3. The zero-order valence-electron chi connectivity index (χ0n) is 11.6. The molecule has 0 fully saturated rings. The van der Waals surface area contributed by atoms with Crippen molar-refractivity contribution in [2.75, 3.05) is 35.4 Å². The van der Waals surface area contributed by atoms with E-state index < -0.39 is 0 Å². The molecule has 1 aromatic rings. The van der Waals surface area contributed by atoms with Crippen molar-refractivity contribution in [2.24, 2.45) is 0 Å². The average Bonchev–Trinajstić information content (AvgIpc) is 2.18. The fourth-order valence-electron chi connectivity index (χ4n) is 1.75. The van der Waals surface area contributed by atoms with Gasteiger partial charge in [0.15, 0.2) is 0 Å². The molecule has 1 aromatic carbocycles. The molecule has 0 radical (unpaired) electrons. The van der Waals surface area contributed by atoms with Crippen molar-refractivity contribution >= 4 is 0 Å². The molecule has 17 heavy (non-hydrogen) atoms. The number of hydrogen-bond donors (Lipinski definition) is 0. The lowest BCUT2D eigenvalue weighted by Crippen LogP contribution is -2.33. The SMILES string of the molecule is COc1cc(C[N+](C)(C)C)c(OC)cc1C.[OH-]. The second kappa shape index (κ2) is 5.89. The zero-order chi connectivity index (χ0) is 12.3. The van der Waals surface area contributed by atoms with Crippen LogP contribution in [-0.2, 0) is 6.54 Å². The molecule has 0 saturated carbocycles. The summed E-state index contributed by atoms with van der Waals surface area (Å²) in [5.41, 5.74) is 2.28. The normalized spacial score (nSPS) is 10.7. The monoisotopic (exact) mass is 241 g/mol. The van der Waals surface area contributed by atoms with E-state index in [2.05, 4.69) is 27.2 Å². The summed E-state index contributed by atoms with van der Waals surface area (Å²) in [6.45, 7) is 2.94. The Labute approximate surface area is 104 Å². The molecule has 0 bridgehead atoms. The zero-order valence-corrected chi connectivity index (χ0v) is 11.6. The highest BCUT2D eigenvalue weighted by atomic mass is 16.5. The van der Waals surface area contributed by atoms with E-state index in [1.54, 1.807) is 14.2 Å². The Bertz CT molecular complexity index is 370. The molecule has 0 atom stereocenters. The number of quaternary nitrogens is 1. The highest BCUT2D eigenvalue weighted by Crippen LogP contribution is 2.29. The summed E-state index contributed by atoms with van der Waals surface area (Å²) in [4.78, 5) is 0. The van der Waals surface area contributed by atoms with Gasteiger partial charge in [-0.1, -0.05) is 0 Å². The first-order valence-corrected chi connectivity index (χ1v) is 5.39. The van der Waals surface area contributed by atoms with Gasteiger partial charge in [-0.15, -0.1) is 0 Å². The number of aryl methyl sites for hydroxylation is 1. The number of methoxy groups -OCH3 is 2. The van der Waals surface area contributed by atoms with Crippen LogP contribution in [0.3, 0.4) is 0 Å². The lowest BCUT2D eigenvalue weighted by molar-refractivity contribution is -0.884. The molecule has 0 unspecified atom stereocenters. The van der Waals surface area contributed by atoms with E-state index in [0.717, 1.165) is 28.1 Å². The van der Waals surface area contributed by atoms with Crippen LogP contribution < -0.4 is 9.47 Å². The second-order valence-electron chi connectivity index (χ2n) is 5.08. The Morgan fingerprint density at radius 1 is 1.00 bits per heavy atom. The van der Waals surface area contributed by atoms with Gasteiger partial charge in [-0.2, -0.15) is 0 Å². The van der Waals surface area contributed by atoms with Crippen LogP contribution in [0.25, 0.3) is 0 Å². The van der Waals surface area contributed by atoms with E-state index >= 15 is 0 Å². The molecule has 0 aromatic heterocycles. The van der Waals surface area contributed by atoms with E-state index in [0.29, 0.717) is 0 Å². The van der Waals surface area contributed by atoms with Gasteiger partial charge in [0.05, 0.1) is 40.9 Å². The Balaban J connectivity index is 0.00000256. The number of rotatable bonds is 4. The number of hydrogen-bond acceptors (Lipinski definition) is 3. The highest BCUT2D eigenvalue weighted by Gasteiger charge is 2.15. The van der Waals surface area contributed by atoms with Crippen LogP contribution in [0.1, 0.15) is 11.1 Å². The van der Waals surface area contributed by atoms with Gasteiger partial charge in [-0.3, -0.25) is 0 Å². The van der Waals surface area contributed by atoms with Crippen LogP contribution in [0, 0.1) is 6.92 Å².